The predicted octanol–water partition coefficient (Wildman–Crippen LogP) is 6.25. The lowest BCUT2D eigenvalue weighted by Crippen LogP contribution is -2.39. The molecule has 2 aliphatic rings. The first-order valence-corrected chi connectivity index (χ1v) is 11.2. The molecule has 0 spiro atoms. The number of fused-ring (bicyclic) bond motifs is 2. The third-order valence-electron chi connectivity index (χ3n) is 6.65. The molecule has 3 aromatic carbocycles. The molecule has 1 aliphatic carbocycles. The van der Waals surface area contributed by atoms with Crippen molar-refractivity contribution in [2.45, 2.75) is 18.8 Å². The lowest BCUT2D eigenvalue weighted by Gasteiger charge is -2.37. The van der Waals surface area contributed by atoms with E-state index in [1.54, 1.807) is 6.08 Å². The fourth-order valence-corrected chi connectivity index (χ4v) is 5.04. The number of nitrogens with zero attached hydrogens (tertiary/aromatic N) is 1. The summed E-state index contributed by atoms with van der Waals surface area (Å²) in [4.78, 5) is 14.7. The van der Waals surface area contributed by atoms with E-state index in [0.29, 0.717) is 11.8 Å². The Kier molecular flexibility index (Phi) is 5.54. The molecule has 31 heavy (non-hydrogen) atoms. The Morgan fingerprint density at radius 2 is 1.29 bits per heavy atom. The van der Waals surface area contributed by atoms with E-state index in [1.807, 2.05) is 41.3 Å². The molecule has 0 saturated carbocycles. The summed E-state index contributed by atoms with van der Waals surface area (Å²) in [5.74, 6) is 1.02. The Balaban J connectivity index is 1.34. The zero-order valence-electron chi connectivity index (χ0n) is 17.7. The first-order chi connectivity index (χ1) is 15.3. The first-order valence-electron chi connectivity index (χ1n) is 11.2. The van der Waals surface area contributed by atoms with Gasteiger partial charge < -0.3 is 4.90 Å². The molecule has 2 heteroatoms. The summed E-state index contributed by atoms with van der Waals surface area (Å²) >= 11 is 0. The Labute approximate surface area is 184 Å². The summed E-state index contributed by atoms with van der Waals surface area (Å²) in [6.45, 7) is 1.63. The van der Waals surface area contributed by atoms with Crippen LogP contribution in [0, 0.1) is 5.92 Å². The van der Waals surface area contributed by atoms with Crippen LogP contribution in [-0.2, 0) is 4.79 Å². The Hall–Kier alpha value is -3.39. The topological polar surface area (TPSA) is 20.3 Å². The maximum Gasteiger partial charge on any atom is 0.246 e. The lowest BCUT2D eigenvalue weighted by molar-refractivity contribution is -0.127. The van der Waals surface area contributed by atoms with Gasteiger partial charge in [0.15, 0.2) is 0 Å². The highest BCUT2D eigenvalue weighted by molar-refractivity contribution is 5.91. The van der Waals surface area contributed by atoms with Crippen LogP contribution in [0.15, 0.2) is 84.9 Å². The number of carbonyl (C=O) groups excluding carboxylic acids is 1. The van der Waals surface area contributed by atoms with E-state index >= 15 is 0 Å². The lowest BCUT2D eigenvalue weighted by atomic mass is 9.74. The van der Waals surface area contributed by atoms with E-state index < -0.39 is 0 Å². The van der Waals surface area contributed by atoms with E-state index in [0.717, 1.165) is 31.5 Å². The van der Waals surface area contributed by atoms with Crippen LogP contribution in [0.2, 0.25) is 0 Å². The molecule has 1 heterocycles. The highest BCUT2D eigenvalue weighted by Crippen LogP contribution is 2.43. The zero-order valence-corrected chi connectivity index (χ0v) is 17.7. The molecule has 0 radical (unpaired) electrons. The minimum atomic E-state index is 0.116. The highest BCUT2D eigenvalue weighted by atomic mass is 16.2. The van der Waals surface area contributed by atoms with Gasteiger partial charge in [0.2, 0.25) is 5.91 Å². The standard InChI is InChI=1S/C29H27NO/c31-28(17-14-22-8-2-1-3-9-22)30-20-18-25(19-21-30)29-26-12-6-4-10-23(26)15-16-24-11-5-7-13-27(24)29/h1-17,25,29H,18-21H2. The number of carbonyl (C=O) groups is 1. The van der Waals surface area contributed by atoms with Crippen molar-refractivity contribution in [3.05, 3.63) is 113 Å². The van der Waals surface area contributed by atoms with Gasteiger partial charge in [-0.3, -0.25) is 4.79 Å². The van der Waals surface area contributed by atoms with Gasteiger partial charge >= 0.3 is 0 Å². The van der Waals surface area contributed by atoms with Crippen LogP contribution in [0.5, 0.6) is 0 Å². The Morgan fingerprint density at radius 1 is 0.742 bits per heavy atom. The number of piperidine rings is 1. The van der Waals surface area contributed by atoms with Gasteiger partial charge in [-0.2, -0.15) is 0 Å². The molecule has 0 aromatic heterocycles. The number of hydrogen-bond acceptors (Lipinski definition) is 1. The van der Waals surface area contributed by atoms with Crippen molar-refractivity contribution >= 4 is 24.1 Å². The maximum atomic E-state index is 12.7. The third kappa shape index (κ3) is 4.11. The van der Waals surface area contributed by atoms with Gasteiger partial charge in [0.1, 0.15) is 0 Å². The molecule has 154 valence electrons. The molecule has 2 nitrogen and oxygen atoms in total. The quantitative estimate of drug-likeness (QED) is 0.471. The second kappa shape index (κ2) is 8.77. The second-order valence-electron chi connectivity index (χ2n) is 8.48. The molecule has 1 saturated heterocycles. The monoisotopic (exact) mass is 405 g/mol. The van der Waals surface area contributed by atoms with E-state index in [-0.39, 0.29) is 5.91 Å². The molecule has 5 rings (SSSR count). The molecular weight excluding hydrogens is 378 g/mol. The van der Waals surface area contributed by atoms with Gasteiger partial charge in [-0.05, 0) is 52.7 Å². The molecule has 1 fully saturated rings. The van der Waals surface area contributed by atoms with Crippen LogP contribution < -0.4 is 0 Å². The molecule has 0 unspecified atom stereocenters. The van der Waals surface area contributed by atoms with E-state index in [9.17, 15) is 4.79 Å². The average Bonchev–Trinajstić information content (AvgIpc) is 3.00. The van der Waals surface area contributed by atoms with Crippen molar-refractivity contribution in [1.29, 1.82) is 0 Å². The highest BCUT2D eigenvalue weighted by Gasteiger charge is 2.32. The van der Waals surface area contributed by atoms with Crippen LogP contribution >= 0.6 is 0 Å². The number of rotatable bonds is 3. The summed E-state index contributed by atoms with van der Waals surface area (Å²) in [6.07, 6.45) is 10.2. The average molecular weight is 406 g/mol. The minimum Gasteiger partial charge on any atom is -0.339 e. The van der Waals surface area contributed by atoms with Gasteiger partial charge in [-0.15, -0.1) is 0 Å². The number of benzene rings is 3. The van der Waals surface area contributed by atoms with Crippen molar-refractivity contribution in [2.24, 2.45) is 5.92 Å². The van der Waals surface area contributed by atoms with Crippen molar-refractivity contribution in [2.75, 3.05) is 13.1 Å². The summed E-state index contributed by atoms with van der Waals surface area (Å²) in [6, 6.07) is 27.6. The van der Waals surface area contributed by atoms with Gasteiger partial charge in [-0.25, -0.2) is 0 Å². The van der Waals surface area contributed by atoms with Crippen LogP contribution in [0.25, 0.3) is 18.2 Å². The largest absolute Gasteiger partial charge is 0.339 e. The van der Waals surface area contributed by atoms with Crippen molar-refractivity contribution in [3.8, 4) is 0 Å². The molecule has 1 amide bonds. The van der Waals surface area contributed by atoms with Crippen molar-refractivity contribution in [3.63, 3.8) is 0 Å². The summed E-state index contributed by atoms with van der Waals surface area (Å²) in [5, 5.41) is 0. The summed E-state index contributed by atoms with van der Waals surface area (Å²) in [5.41, 5.74) is 6.51. The molecule has 0 atom stereocenters. The smallest absolute Gasteiger partial charge is 0.246 e. The second-order valence-corrected chi connectivity index (χ2v) is 8.48. The normalized spacial score (nSPS) is 16.7. The van der Waals surface area contributed by atoms with Gasteiger partial charge in [0.05, 0.1) is 0 Å². The van der Waals surface area contributed by atoms with E-state index in [2.05, 4.69) is 60.7 Å². The van der Waals surface area contributed by atoms with E-state index in [1.165, 1.54) is 22.3 Å². The third-order valence-corrected chi connectivity index (χ3v) is 6.65. The van der Waals surface area contributed by atoms with Gasteiger partial charge in [-0.1, -0.05) is 91.0 Å². The minimum absolute atomic E-state index is 0.116. The van der Waals surface area contributed by atoms with Crippen LogP contribution in [-0.4, -0.2) is 23.9 Å². The molecular formula is C29H27NO. The van der Waals surface area contributed by atoms with Crippen LogP contribution in [0.4, 0.5) is 0 Å². The number of amides is 1. The van der Waals surface area contributed by atoms with E-state index in [4.69, 9.17) is 0 Å². The first kappa shape index (κ1) is 19.6. The number of likely N-dealkylation sites (tertiary alicyclic amines) is 1. The molecule has 0 N–H and O–H groups in total. The predicted molar refractivity (Wildman–Crippen MR) is 128 cm³/mol. The molecule has 0 bridgehead atoms. The molecule has 1 aliphatic heterocycles. The molecule has 3 aromatic rings. The fourth-order valence-electron chi connectivity index (χ4n) is 5.04. The SMILES string of the molecule is O=C(C=Cc1ccccc1)N1CCC(C2c3ccccc3C=Cc3ccccc32)CC1. The number of hydrogen-bond donors (Lipinski definition) is 0. The van der Waals surface area contributed by atoms with Gasteiger partial charge in [0, 0.05) is 25.1 Å². The van der Waals surface area contributed by atoms with Crippen molar-refractivity contribution in [1.82, 2.24) is 4.90 Å². The maximum absolute atomic E-state index is 12.7. The zero-order chi connectivity index (χ0) is 21.0. The fraction of sp³-hybridized carbons (Fsp3) is 0.207. The van der Waals surface area contributed by atoms with Crippen LogP contribution in [0.3, 0.4) is 0 Å². The Bertz CT molecular complexity index is 1070. The van der Waals surface area contributed by atoms with Crippen molar-refractivity contribution < 1.29 is 4.79 Å². The summed E-state index contributed by atoms with van der Waals surface area (Å²) in [7, 11) is 0. The van der Waals surface area contributed by atoms with Gasteiger partial charge in [0.25, 0.3) is 0 Å². The van der Waals surface area contributed by atoms with Crippen LogP contribution in [0.1, 0.15) is 46.6 Å². The Morgan fingerprint density at radius 3 is 1.90 bits per heavy atom. The summed E-state index contributed by atoms with van der Waals surface area (Å²) < 4.78 is 0.